The van der Waals surface area contributed by atoms with Crippen molar-refractivity contribution in [2.45, 2.75) is 88.8 Å². The first-order chi connectivity index (χ1) is 18.7. The number of anilines is 1. The Morgan fingerprint density at radius 3 is 2.03 bits per heavy atom. The Morgan fingerprint density at radius 1 is 0.816 bits per heavy atom. The van der Waals surface area contributed by atoms with Crippen molar-refractivity contribution in [3.63, 3.8) is 0 Å². The first kappa shape index (κ1) is 26.7. The maximum Gasteiger partial charge on any atom is 0.250 e. The highest BCUT2D eigenvalue weighted by atomic mass is 16.2. The molecule has 2 aromatic rings. The summed E-state index contributed by atoms with van der Waals surface area (Å²) < 4.78 is 0. The molecule has 2 aliphatic heterocycles. The average Bonchev–Trinajstić information content (AvgIpc) is 3.22. The summed E-state index contributed by atoms with van der Waals surface area (Å²) in [5.41, 5.74) is 1.57. The molecule has 2 aromatic carbocycles. The third-order valence-corrected chi connectivity index (χ3v) is 8.97. The van der Waals surface area contributed by atoms with Crippen molar-refractivity contribution in [3.8, 4) is 0 Å². The van der Waals surface area contributed by atoms with Gasteiger partial charge in [-0.2, -0.15) is 0 Å². The number of amides is 2. The van der Waals surface area contributed by atoms with Crippen LogP contribution in [-0.2, 0) is 16.1 Å². The van der Waals surface area contributed by atoms with E-state index in [-0.39, 0.29) is 18.4 Å². The molecule has 2 saturated heterocycles. The largest absolute Gasteiger partial charge is 0.350 e. The molecule has 204 valence electrons. The van der Waals surface area contributed by atoms with Crippen LogP contribution in [0, 0.1) is 0 Å². The van der Waals surface area contributed by atoms with Gasteiger partial charge in [0.05, 0.1) is 6.67 Å². The van der Waals surface area contributed by atoms with E-state index in [1.54, 1.807) is 4.90 Å². The number of benzene rings is 2. The summed E-state index contributed by atoms with van der Waals surface area (Å²) >= 11 is 0. The highest BCUT2D eigenvalue weighted by Crippen LogP contribution is 2.40. The Hall–Kier alpha value is -2.86. The molecule has 1 saturated carbocycles. The number of nitrogens with one attached hydrogen (secondary N) is 1. The molecule has 6 nitrogen and oxygen atoms in total. The van der Waals surface area contributed by atoms with Gasteiger partial charge >= 0.3 is 0 Å². The zero-order valence-corrected chi connectivity index (χ0v) is 22.8. The van der Waals surface area contributed by atoms with Gasteiger partial charge in [0.2, 0.25) is 11.8 Å². The number of carbonyl (C=O) groups is 2. The van der Waals surface area contributed by atoms with Crippen LogP contribution in [0.25, 0.3) is 0 Å². The zero-order valence-electron chi connectivity index (χ0n) is 22.8. The Morgan fingerprint density at radius 2 is 1.39 bits per heavy atom. The van der Waals surface area contributed by atoms with Gasteiger partial charge in [-0.25, -0.2) is 0 Å². The lowest BCUT2D eigenvalue weighted by Crippen LogP contribution is -2.58. The van der Waals surface area contributed by atoms with Gasteiger partial charge in [0.25, 0.3) is 0 Å². The van der Waals surface area contributed by atoms with Gasteiger partial charge in [-0.3, -0.25) is 9.59 Å². The normalized spacial score (nSPS) is 21.5. The van der Waals surface area contributed by atoms with Crippen molar-refractivity contribution >= 4 is 17.5 Å². The van der Waals surface area contributed by atoms with Gasteiger partial charge in [-0.1, -0.05) is 93.5 Å². The smallest absolute Gasteiger partial charge is 0.250 e. The molecule has 1 aliphatic carbocycles. The van der Waals surface area contributed by atoms with Crippen LogP contribution in [-0.4, -0.2) is 59.5 Å². The SMILES string of the molecule is O=C(CN1CN(c2ccccc2)C2(CCN(C3CCCCCCCCC3)CC2)C1=O)NCc1ccccc1. The second-order valence-corrected chi connectivity index (χ2v) is 11.4. The maximum absolute atomic E-state index is 14.0. The number of nitrogens with zero attached hydrogens (tertiary/aromatic N) is 3. The van der Waals surface area contributed by atoms with Crippen LogP contribution in [0.1, 0.15) is 76.2 Å². The Balaban J connectivity index is 1.26. The van der Waals surface area contributed by atoms with Crippen molar-refractivity contribution in [1.82, 2.24) is 15.1 Å². The van der Waals surface area contributed by atoms with E-state index < -0.39 is 5.54 Å². The number of likely N-dealkylation sites (tertiary alicyclic amines) is 1. The Labute approximate surface area is 228 Å². The average molecular weight is 517 g/mol. The van der Waals surface area contributed by atoms with Crippen molar-refractivity contribution in [2.24, 2.45) is 0 Å². The molecule has 3 aliphatic rings. The highest BCUT2D eigenvalue weighted by molar-refractivity contribution is 5.96. The monoisotopic (exact) mass is 516 g/mol. The molecule has 0 atom stereocenters. The van der Waals surface area contributed by atoms with Crippen molar-refractivity contribution in [1.29, 1.82) is 0 Å². The van der Waals surface area contributed by atoms with Crippen molar-refractivity contribution < 1.29 is 9.59 Å². The summed E-state index contributed by atoms with van der Waals surface area (Å²) in [6, 6.07) is 20.9. The molecule has 0 aromatic heterocycles. The minimum atomic E-state index is -0.562. The molecule has 1 spiro atoms. The van der Waals surface area contributed by atoms with E-state index in [0.29, 0.717) is 19.3 Å². The Bertz CT molecular complexity index is 1030. The molecule has 2 amide bonds. The molecule has 0 unspecified atom stereocenters. The summed E-state index contributed by atoms with van der Waals surface area (Å²) in [5.74, 6) is 0.00743. The number of rotatable bonds is 6. The summed E-state index contributed by atoms with van der Waals surface area (Å²) in [4.78, 5) is 33.6. The first-order valence-electron chi connectivity index (χ1n) is 14.8. The molecule has 0 bridgehead atoms. The van der Waals surface area contributed by atoms with E-state index in [4.69, 9.17) is 0 Å². The maximum atomic E-state index is 14.0. The second-order valence-electron chi connectivity index (χ2n) is 11.4. The number of para-hydroxylation sites is 1. The van der Waals surface area contributed by atoms with Crippen LogP contribution in [0.15, 0.2) is 60.7 Å². The molecule has 38 heavy (non-hydrogen) atoms. The topological polar surface area (TPSA) is 55.9 Å². The molecule has 6 heteroatoms. The third-order valence-electron chi connectivity index (χ3n) is 8.97. The number of hydrogen-bond donors (Lipinski definition) is 1. The molecule has 5 rings (SSSR count). The molecular weight excluding hydrogens is 472 g/mol. The lowest BCUT2D eigenvalue weighted by Gasteiger charge is -2.45. The summed E-state index contributed by atoms with van der Waals surface area (Å²) in [5, 5.41) is 3.00. The predicted molar refractivity (Wildman–Crippen MR) is 153 cm³/mol. The van der Waals surface area contributed by atoms with E-state index in [1.165, 1.54) is 57.8 Å². The summed E-state index contributed by atoms with van der Waals surface area (Å²) in [6.07, 6.45) is 13.7. The van der Waals surface area contributed by atoms with Gasteiger partial charge in [0, 0.05) is 31.4 Å². The van der Waals surface area contributed by atoms with Gasteiger partial charge in [0.15, 0.2) is 0 Å². The van der Waals surface area contributed by atoms with Crippen LogP contribution in [0.2, 0.25) is 0 Å². The summed E-state index contributed by atoms with van der Waals surface area (Å²) in [6.45, 7) is 2.95. The molecule has 1 N–H and O–H groups in total. The first-order valence-corrected chi connectivity index (χ1v) is 14.8. The van der Waals surface area contributed by atoms with E-state index in [0.717, 1.165) is 37.2 Å². The van der Waals surface area contributed by atoms with Crippen LogP contribution in [0.5, 0.6) is 0 Å². The van der Waals surface area contributed by atoms with Crippen molar-refractivity contribution in [3.05, 3.63) is 66.2 Å². The van der Waals surface area contributed by atoms with Gasteiger partial charge in [-0.15, -0.1) is 0 Å². The fourth-order valence-corrected chi connectivity index (χ4v) is 6.76. The number of carbonyl (C=O) groups excluding carboxylic acids is 2. The number of piperidine rings is 1. The van der Waals surface area contributed by atoms with Gasteiger partial charge in [0.1, 0.15) is 12.1 Å². The van der Waals surface area contributed by atoms with Crippen LogP contribution in [0.3, 0.4) is 0 Å². The van der Waals surface area contributed by atoms with Gasteiger partial charge < -0.3 is 20.0 Å². The van der Waals surface area contributed by atoms with Crippen LogP contribution >= 0.6 is 0 Å². The van der Waals surface area contributed by atoms with Crippen molar-refractivity contribution in [2.75, 3.05) is 31.2 Å². The van der Waals surface area contributed by atoms with E-state index in [1.807, 2.05) is 48.5 Å². The number of hydrogen-bond acceptors (Lipinski definition) is 4. The van der Waals surface area contributed by atoms with E-state index in [2.05, 4.69) is 27.2 Å². The third kappa shape index (κ3) is 6.23. The summed E-state index contributed by atoms with van der Waals surface area (Å²) in [7, 11) is 0. The lowest BCUT2D eigenvalue weighted by molar-refractivity contribution is -0.137. The fraction of sp³-hybridized carbons (Fsp3) is 0.562. The quantitative estimate of drug-likeness (QED) is 0.563. The zero-order chi connectivity index (χ0) is 26.2. The van der Waals surface area contributed by atoms with Crippen LogP contribution in [0.4, 0.5) is 5.69 Å². The Kier molecular flexibility index (Phi) is 9.00. The predicted octanol–water partition coefficient (Wildman–Crippen LogP) is 5.34. The van der Waals surface area contributed by atoms with Crippen LogP contribution < -0.4 is 10.2 Å². The van der Waals surface area contributed by atoms with E-state index >= 15 is 0 Å². The molecule has 0 radical (unpaired) electrons. The molecule has 3 fully saturated rings. The second kappa shape index (κ2) is 12.8. The van der Waals surface area contributed by atoms with Gasteiger partial charge in [-0.05, 0) is 43.4 Å². The molecule has 2 heterocycles. The van der Waals surface area contributed by atoms with E-state index in [9.17, 15) is 9.59 Å². The highest BCUT2D eigenvalue weighted by Gasteiger charge is 2.54. The lowest BCUT2D eigenvalue weighted by atomic mass is 9.84. The minimum absolute atomic E-state index is 0.100. The standard InChI is InChI=1S/C32H44N4O2/c37-30(33-24-27-14-8-6-9-15-27)25-35-26-36(29-18-12-7-13-19-29)32(31(35)38)20-22-34(23-21-32)28-16-10-4-2-1-3-5-11-17-28/h6-9,12-15,18-19,28H,1-5,10-11,16-17,20-26H2,(H,33,37). The molecular formula is C32H44N4O2. The fourth-order valence-electron chi connectivity index (χ4n) is 6.76. The minimum Gasteiger partial charge on any atom is -0.350 e.